The number of hydrogen-bond acceptors (Lipinski definition) is 9. The third kappa shape index (κ3) is 40.1. The van der Waals surface area contributed by atoms with E-state index in [4.69, 9.17) is 28.6 Å². The average Bonchev–Trinajstić information content (AvgIpc) is 3.83. The van der Waals surface area contributed by atoms with Crippen molar-refractivity contribution in [2.45, 2.75) is 140 Å². The molecule has 3 rings (SSSR count). The Kier molecular flexibility index (Phi) is 46.8. The van der Waals surface area contributed by atoms with Gasteiger partial charge in [-0.05, 0) is 99.3 Å². The van der Waals surface area contributed by atoms with Crippen LogP contribution in [0.3, 0.4) is 0 Å². The first-order valence-corrected chi connectivity index (χ1v) is 23.8. The molecule has 14 heteroatoms. The fourth-order valence-electron chi connectivity index (χ4n) is 3.40. The summed E-state index contributed by atoms with van der Waals surface area (Å²) in [5.74, 6) is -0.757. The molecular weight excluding hydrogens is 778 g/mol. The number of aliphatic hydroxyl groups is 2. The number of aliphatic carboxylic acids is 1. The van der Waals surface area contributed by atoms with E-state index in [0.717, 1.165) is 37.3 Å². The van der Waals surface area contributed by atoms with Crippen molar-refractivity contribution < 1.29 is 50.2 Å². The van der Waals surface area contributed by atoms with Gasteiger partial charge in [0.05, 0.1) is 28.2 Å². The molecule has 0 atom stereocenters. The summed E-state index contributed by atoms with van der Waals surface area (Å²) >= 11 is 0. The molecule has 0 saturated heterocycles. The second-order valence-electron chi connectivity index (χ2n) is 14.0. The minimum Gasteiger partial charge on any atom is -0.481 e. The van der Waals surface area contributed by atoms with Crippen LogP contribution in [-0.2, 0) is 34.9 Å². The van der Waals surface area contributed by atoms with Crippen LogP contribution in [0, 0.1) is 10.8 Å². The Balaban J connectivity index is -0.000000186. The first-order valence-electron chi connectivity index (χ1n) is 19.6. The van der Waals surface area contributed by atoms with Crippen molar-refractivity contribution in [3.63, 3.8) is 0 Å². The number of carboxylic acids is 1. The molecule has 0 amide bonds. The first kappa shape index (κ1) is 61.6. The predicted octanol–water partition coefficient (Wildman–Crippen LogP) is 6.63. The summed E-state index contributed by atoms with van der Waals surface area (Å²) in [6.45, 7) is 29.6. The average molecular weight is 859 g/mol. The second kappa shape index (κ2) is 41.0. The molecule has 0 aliphatic carbocycles. The monoisotopic (exact) mass is 858 g/mol. The standard InChI is InChI=1S/C13H15N3.C6H16O3Si.C5H12O2.C5H10O2.C4H12Si.C4H10Si.C3H6.Co/c1-4-12(10-6-2-8-14-10)16-13(5-1)11-7-3-9-15-11;1-4-7-10(8-5-2)9-6-3;2*1-5(2,3)4(6)7;2*1-2-3-4-5;1-3-2;/h1,4-5H,2-3,6-9H2;10H,4-6H2,1-3H3;4,6-7H,1-3H3;1-3H3,(H,6,7);2-4H2,1,5H3;2-3H,4H2,1,5H3;3H,1H2,2H3;. The second-order valence-corrected chi connectivity index (χ2v) is 17.4. The van der Waals surface area contributed by atoms with Gasteiger partial charge in [-0.15, -0.1) is 6.58 Å². The number of carboxylic acid groups (broad SMARTS) is 1. The molecule has 54 heavy (non-hydrogen) atoms. The van der Waals surface area contributed by atoms with E-state index in [1.807, 2.05) is 27.7 Å². The first-order chi connectivity index (χ1) is 24.9. The Morgan fingerprint density at radius 1 is 0.889 bits per heavy atom. The third-order valence-electron chi connectivity index (χ3n) is 6.59. The van der Waals surface area contributed by atoms with Crippen molar-refractivity contribution in [3.8, 4) is 0 Å². The zero-order valence-corrected chi connectivity index (χ0v) is 42.9. The fraction of sp³-hybridized carbons (Fsp3) is 0.700. The number of allylic oxidation sites excluding steroid dienone is 3. The Morgan fingerprint density at radius 3 is 1.43 bits per heavy atom. The van der Waals surface area contributed by atoms with Crippen molar-refractivity contribution in [2.24, 2.45) is 20.8 Å². The van der Waals surface area contributed by atoms with Crippen molar-refractivity contribution in [2.75, 3.05) is 32.9 Å². The maximum Gasteiger partial charge on any atom is 0.484 e. The Morgan fingerprint density at radius 2 is 1.26 bits per heavy atom. The van der Waals surface area contributed by atoms with Gasteiger partial charge in [-0.25, -0.2) is 4.98 Å². The number of aliphatic imine (C=N–C) groups is 2. The van der Waals surface area contributed by atoms with Crippen LogP contribution in [0.25, 0.3) is 0 Å². The largest absolute Gasteiger partial charge is 0.484 e. The number of pyridine rings is 1. The molecule has 0 bridgehead atoms. The number of aromatic nitrogens is 1. The van der Waals surface area contributed by atoms with Gasteiger partial charge in [0.2, 0.25) is 0 Å². The van der Waals surface area contributed by atoms with Crippen molar-refractivity contribution in [1.29, 1.82) is 0 Å². The summed E-state index contributed by atoms with van der Waals surface area (Å²) in [5.41, 5.74) is 3.45. The molecule has 1 radical (unpaired) electrons. The Hall–Kier alpha value is -1.60. The number of aliphatic hydroxyl groups excluding tert-OH is 1. The maximum atomic E-state index is 10.0. The van der Waals surface area contributed by atoms with E-state index in [0.29, 0.717) is 19.8 Å². The maximum absolute atomic E-state index is 10.0. The van der Waals surface area contributed by atoms with Gasteiger partial charge in [-0.2, -0.15) is 0 Å². The molecule has 3 N–H and O–H groups in total. The van der Waals surface area contributed by atoms with Crippen LogP contribution in [0.15, 0.2) is 53.0 Å². The quantitative estimate of drug-likeness (QED) is 0.128. The van der Waals surface area contributed by atoms with E-state index in [-0.39, 0.29) is 22.2 Å². The zero-order chi connectivity index (χ0) is 41.7. The Bertz CT molecular complexity index is 1060. The molecule has 0 fully saturated rings. The number of carbonyl (C=O) groups is 1. The van der Waals surface area contributed by atoms with Crippen LogP contribution >= 0.6 is 0 Å². The number of rotatable bonds is 11. The minimum absolute atomic E-state index is 0. The van der Waals surface area contributed by atoms with E-state index in [1.165, 1.54) is 69.7 Å². The predicted molar refractivity (Wildman–Crippen MR) is 237 cm³/mol. The normalized spacial score (nSPS) is 13.0. The fourth-order valence-corrected chi connectivity index (χ4v) is 5.68. The van der Waals surface area contributed by atoms with Crippen LogP contribution in [0.5, 0.6) is 0 Å². The molecule has 0 aromatic carbocycles. The topological polar surface area (TPSA) is 143 Å². The summed E-state index contributed by atoms with van der Waals surface area (Å²) in [6.07, 6.45) is 12.1. The van der Waals surface area contributed by atoms with Gasteiger partial charge in [0, 0.05) is 75.6 Å². The van der Waals surface area contributed by atoms with Gasteiger partial charge >= 0.3 is 15.5 Å². The zero-order valence-electron chi connectivity index (χ0n) is 36.7. The van der Waals surface area contributed by atoms with Crippen LogP contribution in [0.2, 0.25) is 12.1 Å². The summed E-state index contributed by atoms with van der Waals surface area (Å²) in [7, 11) is 0.977. The smallest absolute Gasteiger partial charge is 0.481 e. The molecular formula is C40H81CoN3O7Si3. The van der Waals surface area contributed by atoms with Gasteiger partial charge in [0.1, 0.15) is 0 Å². The SMILES string of the molecule is C=CC.CC(C)(C)C(=O)O.CC(C)(C)C(O)O.CC=CC[SiH3].CCCC[SiH3].CCO[SiH](OCC)OCC.[Co].c1cc(C2=NCCC2)nc(C2=NCCC2)c1. The van der Waals surface area contributed by atoms with Crippen molar-refractivity contribution in [1.82, 2.24) is 4.98 Å². The Labute approximate surface area is 349 Å². The molecule has 2 aliphatic heterocycles. The molecule has 0 unspecified atom stereocenters. The van der Waals surface area contributed by atoms with Gasteiger partial charge in [-0.1, -0.05) is 70.9 Å². The summed E-state index contributed by atoms with van der Waals surface area (Å²) in [6, 6.07) is 8.97. The van der Waals surface area contributed by atoms with Crippen LogP contribution in [0.4, 0.5) is 0 Å². The van der Waals surface area contributed by atoms with Gasteiger partial charge in [0.25, 0.3) is 0 Å². The third-order valence-corrected chi connectivity index (χ3v) is 9.59. The number of hydrogen-bond donors (Lipinski definition) is 3. The molecule has 1 aromatic rings. The van der Waals surface area contributed by atoms with Crippen LogP contribution < -0.4 is 0 Å². The molecule has 1 aromatic heterocycles. The number of unbranched alkanes of at least 4 members (excludes halogenated alkanes) is 1. The van der Waals surface area contributed by atoms with Crippen molar-refractivity contribution >= 4 is 47.4 Å². The van der Waals surface area contributed by atoms with E-state index < -0.39 is 27.2 Å². The molecule has 2 aliphatic rings. The minimum atomic E-state index is -1.73. The molecule has 0 spiro atoms. The van der Waals surface area contributed by atoms with E-state index in [9.17, 15) is 4.79 Å². The van der Waals surface area contributed by atoms with Gasteiger partial charge in [-0.3, -0.25) is 14.8 Å². The number of nitrogens with zero attached hydrogens (tertiary/aromatic N) is 3. The summed E-state index contributed by atoms with van der Waals surface area (Å²) in [4.78, 5) is 23.7. The summed E-state index contributed by atoms with van der Waals surface area (Å²) < 4.78 is 15.7. The molecule has 319 valence electrons. The van der Waals surface area contributed by atoms with Crippen LogP contribution in [0.1, 0.15) is 133 Å². The summed E-state index contributed by atoms with van der Waals surface area (Å²) in [5, 5.41) is 25.1. The van der Waals surface area contributed by atoms with E-state index in [1.54, 1.807) is 47.6 Å². The molecule has 10 nitrogen and oxygen atoms in total. The molecule has 0 saturated carbocycles. The van der Waals surface area contributed by atoms with E-state index >= 15 is 0 Å². The van der Waals surface area contributed by atoms with E-state index in [2.05, 4.69) is 65.7 Å². The van der Waals surface area contributed by atoms with Gasteiger partial charge < -0.3 is 28.6 Å². The molecule has 3 heterocycles. The van der Waals surface area contributed by atoms with Crippen molar-refractivity contribution in [3.05, 3.63) is 54.4 Å². The van der Waals surface area contributed by atoms with Gasteiger partial charge in [0.15, 0.2) is 6.29 Å². The van der Waals surface area contributed by atoms with Crippen LogP contribution in [-0.4, -0.2) is 107 Å².